The molecule has 0 unspecified atom stereocenters. The van der Waals surface area contributed by atoms with Gasteiger partial charge in [0.05, 0.1) is 12.3 Å². The Bertz CT molecular complexity index is 750. The predicted molar refractivity (Wildman–Crippen MR) is 109 cm³/mol. The maximum Gasteiger partial charge on any atom is 0.269 e. The Labute approximate surface area is 162 Å². The van der Waals surface area contributed by atoms with Gasteiger partial charge < -0.3 is 10.1 Å². The molecule has 146 valence electrons. The summed E-state index contributed by atoms with van der Waals surface area (Å²) in [5.41, 5.74) is 2.40. The molecule has 0 saturated heterocycles. The first-order valence-electron chi connectivity index (χ1n) is 9.75. The highest BCUT2D eigenvalue weighted by Crippen LogP contribution is 2.14. The van der Waals surface area contributed by atoms with Crippen LogP contribution in [0.4, 0.5) is 0 Å². The number of allylic oxidation sites excluding steroid dienone is 1. The molecule has 0 spiro atoms. The zero-order valence-electron chi connectivity index (χ0n) is 16.7. The van der Waals surface area contributed by atoms with E-state index in [4.69, 9.17) is 4.74 Å². The molecular weight excluding hydrogens is 338 g/mol. The van der Waals surface area contributed by atoms with E-state index < -0.39 is 0 Å². The Kier molecular flexibility index (Phi) is 8.62. The SMILES string of the molecule is CCCCCC=CCCOc1cccc(CNC(=O)c2cc(C)nn2C)c1. The number of hydrogen-bond acceptors (Lipinski definition) is 3. The normalized spacial score (nSPS) is 11.1. The van der Waals surface area contributed by atoms with E-state index in [1.165, 1.54) is 19.3 Å². The number of benzene rings is 1. The number of aryl methyl sites for hydroxylation is 2. The van der Waals surface area contributed by atoms with Crippen LogP contribution >= 0.6 is 0 Å². The number of aromatic nitrogens is 2. The van der Waals surface area contributed by atoms with E-state index in [0.717, 1.165) is 29.8 Å². The Morgan fingerprint density at radius 3 is 2.78 bits per heavy atom. The van der Waals surface area contributed by atoms with Crippen molar-refractivity contribution < 1.29 is 9.53 Å². The first-order chi connectivity index (χ1) is 13.1. The van der Waals surface area contributed by atoms with Crippen molar-refractivity contribution in [2.45, 2.75) is 52.5 Å². The van der Waals surface area contributed by atoms with Gasteiger partial charge in [-0.3, -0.25) is 9.48 Å². The minimum atomic E-state index is -0.127. The van der Waals surface area contributed by atoms with E-state index in [2.05, 4.69) is 29.5 Å². The van der Waals surface area contributed by atoms with E-state index in [-0.39, 0.29) is 5.91 Å². The number of amides is 1. The molecular formula is C22H31N3O2. The van der Waals surface area contributed by atoms with Crippen LogP contribution in [0, 0.1) is 6.92 Å². The fourth-order valence-corrected chi connectivity index (χ4v) is 2.83. The molecule has 1 heterocycles. The molecule has 1 aromatic carbocycles. The van der Waals surface area contributed by atoms with Crippen LogP contribution in [-0.4, -0.2) is 22.3 Å². The van der Waals surface area contributed by atoms with Gasteiger partial charge in [-0.15, -0.1) is 0 Å². The zero-order valence-corrected chi connectivity index (χ0v) is 16.7. The standard InChI is InChI=1S/C22H31N3O2/c1-4-5-6-7-8-9-10-14-27-20-13-11-12-19(16-20)17-23-22(26)21-15-18(2)24-25(21)3/h8-9,11-13,15-16H,4-7,10,14,17H2,1-3H3,(H,23,26). The molecule has 0 aliphatic heterocycles. The third-order valence-electron chi connectivity index (χ3n) is 4.28. The molecule has 27 heavy (non-hydrogen) atoms. The summed E-state index contributed by atoms with van der Waals surface area (Å²) in [4.78, 5) is 12.3. The van der Waals surface area contributed by atoms with Gasteiger partial charge in [0, 0.05) is 13.6 Å². The zero-order chi connectivity index (χ0) is 19.5. The van der Waals surface area contributed by atoms with Gasteiger partial charge in [-0.2, -0.15) is 5.10 Å². The highest BCUT2D eigenvalue weighted by molar-refractivity contribution is 5.92. The number of unbranched alkanes of at least 4 members (excludes halogenated alkanes) is 3. The maximum atomic E-state index is 12.3. The number of rotatable bonds is 11. The minimum absolute atomic E-state index is 0.127. The fraction of sp³-hybridized carbons (Fsp3) is 0.455. The summed E-state index contributed by atoms with van der Waals surface area (Å²) in [6.07, 6.45) is 10.3. The van der Waals surface area contributed by atoms with Crippen molar-refractivity contribution in [2.75, 3.05) is 6.61 Å². The largest absolute Gasteiger partial charge is 0.493 e. The molecule has 5 heteroatoms. The lowest BCUT2D eigenvalue weighted by Gasteiger charge is -2.08. The molecule has 1 N–H and O–H groups in total. The Morgan fingerprint density at radius 2 is 2.04 bits per heavy atom. The molecule has 0 saturated carbocycles. The van der Waals surface area contributed by atoms with E-state index in [1.807, 2.05) is 31.2 Å². The Hall–Kier alpha value is -2.56. The number of nitrogens with zero attached hydrogens (tertiary/aromatic N) is 2. The number of carbonyl (C=O) groups is 1. The first-order valence-corrected chi connectivity index (χ1v) is 9.75. The summed E-state index contributed by atoms with van der Waals surface area (Å²) in [6.45, 7) is 5.21. The van der Waals surface area contributed by atoms with E-state index in [1.54, 1.807) is 17.8 Å². The van der Waals surface area contributed by atoms with Crippen LogP contribution in [0.2, 0.25) is 0 Å². The van der Waals surface area contributed by atoms with Crippen molar-refractivity contribution in [1.29, 1.82) is 0 Å². The molecule has 1 aromatic heterocycles. The number of hydrogen-bond donors (Lipinski definition) is 1. The van der Waals surface area contributed by atoms with Gasteiger partial charge in [-0.05, 0) is 49.9 Å². The van der Waals surface area contributed by atoms with Crippen molar-refractivity contribution in [2.24, 2.45) is 7.05 Å². The second-order valence-electron chi connectivity index (χ2n) is 6.73. The van der Waals surface area contributed by atoms with Gasteiger partial charge in [-0.1, -0.05) is 44.1 Å². The van der Waals surface area contributed by atoms with Crippen LogP contribution in [0.25, 0.3) is 0 Å². The predicted octanol–water partition coefficient (Wildman–Crippen LogP) is 4.56. The molecule has 1 amide bonds. The number of ether oxygens (including phenoxy) is 1. The van der Waals surface area contributed by atoms with Crippen molar-refractivity contribution in [3.05, 3.63) is 59.4 Å². The smallest absolute Gasteiger partial charge is 0.269 e. The highest BCUT2D eigenvalue weighted by Gasteiger charge is 2.11. The van der Waals surface area contributed by atoms with E-state index in [0.29, 0.717) is 18.8 Å². The van der Waals surface area contributed by atoms with E-state index >= 15 is 0 Å². The third kappa shape index (κ3) is 7.29. The molecule has 2 rings (SSSR count). The topological polar surface area (TPSA) is 56.1 Å². The van der Waals surface area contributed by atoms with Crippen LogP contribution in [0.1, 0.15) is 60.8 Å². The maximum absolute atomic E-state index is 12.3. The molecule has 0 bridgehead atoms. The van der Waals surface area contributed by atoms with Gasteiger partial charge in [-0.25, -0.2) is 0 Å². The second-order valence-corrected chi connectivity index (χ2v) is 6.73. The van der Waals surface area contributed by atoms with Gasteiger partial charge in [0.2, 0.25) is 0 Å². The second kappa shape index (κ2) is 11.2. The van der Waals surface area contributed by atoms with Crippen molar-refractivity contribution in [3.8, 4) is 5.75 Å². The van der Waals surface area contributed by atoms with Crippen LogP contribution in [-0.2, 0) is 13.6 Å². The van der Waals surface area contributed by atoms with Crippen LogP contribution in [0.15, 0.2) is 42.5 Å². The van der Waals surface area contributed by atoms with Crippen molar-refractivity contribution in [1.82, 2.24) is 15.1 Å². The molecule has 2 aromatic rings. The van der Waals surface area contributed by atoms with Gasteiger partial charge in [0.1, 0.15) is 11.4 Å². The summed E-state index contributed by atoms with van der Waals surface area (Å²) in [6, 6.07) is 9.63. The summed E-state index contributed by atoms with van der Waals surface area (Å²) in [5, 5.41) is 7.13. The quantitative estimate of drug-likeness (QED) is 0.466. The first kappa shape index (κ1) is 20.7. The third-order valence-corrected chi connectivity index (χ3v) is 4.28. The van der Waals surface area contributed by atoms with Crippen molar-refractivity contribution in [3.63, 3.8) is 0 Å². The lowest BCUT2D eigenvalue weighted by Crippen LogP contribution is -2.25. The van der Waals surface area contributed by atoms with Crippen LogP contribution in [0.5, 0.6) is 5.75 Å². The lowest BCUT2D eigenvalue weighted by atomic mass is 10.2. The summed E-state index contributed by atoms with van der Waals surface area (Å²) >= 11 is 0. The highest BCUT2D eigenvalue weighted by atomic mass is 16.5. The molecule has 0 atom stereocenters. The lowest BCUT2D eigenvalue weighted by molar-refractivity contribution is 0.0941. The Morgan fingerprint density at radius 1 is 1.22 bits per heavy atom. The average Bonchev–Trinajstić information content (AvgIpc) is 3.00. The number of nitrogens with one attached hydrogen (secondary N) is 1. The average molecular weight is 370 g/mol. The molecule has 0 fully saturated rings. The molecule has 0 aliphatic carbocycles. The summed E-state index contributed by atoms with van der Waals surface area (Å²) in [7, 11) is 1.77. The van der Waals surface area contributed by atoms with Crippen molar-refractivity contribution >= 4 is 5.91 Å². The summed E-state index contributed by atoms with van der Waals surface area (Å²) < 4.78 is 7.41. The van der Waals surface area contributed by atoms with E-state index in [9.17, 15) is 4.79 Å². The minimum Gasteiger partial charge on any atom is -0.493 e. The molecule has 0 aliphatic rings. The fourth-order valence-electron chi connectivity index (χ4n) is 2.83. The van der Waals surface area contributed by atoms with Gasteiger partial charge in [0.15, 0.2) is 0 Å². The van der Waals surface area contributed by atoms with Gasteiger partial charge in [0.25, 0.3) is 5.91 Å². The Balaban J connectivity index is 1.74. The monoisotopic (exact) mass is 369 g/mol. The molecule has 5 nitrogen and oxygen atoms in total. The number of carbonyl (C=O) groups excluding carboxylic acids is 1. The van der Waals surface area contributed by atoms with Crippen LogP contribution in [0.3, 0.4) is 0 Å². The van der Waals surface area contributed by atoms with Crippen LogP contribution < -0.4 is 10.1 Å². The summed E-state index contributed by atoms with van der Waals surface area (Å²) in [5.74, 6) is 0.704. The molecule has 0 radical (unpaired) electrons. The van der Waals surface area contributed by atoms with Gasteiger partial charge >= 0.3 is 0 Å².